The highest BCUT2D eigenvalue weighted by atomic mass is 35.5. The maximum Gasteiger partial charge on any atom is 0.253 e. The van der Waals surface area contributed by atoms with Crippen molar-refractivity contribution in [1.29, 1.82) is 0 Å². The van der Waals surface area contributed by atoms with Crippen molar-refractivity contribution >= 4 is 29.1 Å². The summed E-state index contributed by atoms with van der Waals surface area (Å²) < 4.78 is 0. The van der Waals surface area contributed by atoms with Crippen molar-refractivity contribution in [3.8, 4) is 0 Å². The molecule has 0 spiro atoms. The largest absolute Gasteiger partial charge is 0.349 e. The van der Waals surface area contributed by atoms with Crippen LogP contribution in [0, 0.1) is 0 Å². The van der Waals surface area contributed by atoms with Crippen LogP contribution in [0.5, 0.6) is 0 Å². The van der Waals surface area contributed by atoms with Gasteiger partial charge in [0.1, 0.15) is 0 Å². The molecular weight excluding hydrogens is 326 g/mol. The fraction of sp³-hybridized carbons (Fsp3) is 0.444. The van der Waals surface area contributed by atoms with Gasteiger partial charge >= 0.3 is 0 Å². The Labute approximate surface area is 147 Å². The molecule has 1 saturated carbocycles. The summed E-state index contributed by atoms with van der Waals surface area (Å²) in [5, 5.41) is 9.09. The van der Waals surface area contributed by atoms with Gasteiger partial charge in [0.15, 0.2) is 0 Å². The van der Waals surface area contributed by atoms with E-state index in [9.17, 15) is 9.59 Å². The van der Waals surface area contributed by atoms with Crippen molar-refractivity contribution in [3.05, 3.63) is 41.4 Å². The van der Waals surface area contributed by atoms with E-state index < -0.39 is 0 Å². The van der Waals surface area contributed by atoms with Gasteiger partial charge in [0, 0.05) is 18.3 Å². The molecule has 0 aromatic heterocycles. The van der Waals surface area contributed by atoms with Crippen LogP contribution in [0.1, 0.15) is 42.5 Å². The topological polar surface area (TPSA) is 70.2 Å². The Kier molecular flexibility index (Phi) is 7.28. The van der Waals surface area contributed by atoms with E-state index in [1.807, 2.05) is 0 Å². The molecular formula is C18H24ClN3O2. The molecule has 0 atom stereocenters. The van der Waals surface area contributed by atoms with Crippen molar-refractivity contribution in [2.45, 2.75) is 38.1 Å². The van der Waals surface area contributed by atoms with Gasteiger partial charge in [0.25, 0.3) is 5.91 Å². The summed E-state index contributed by atoms with van der Waals surface area (Å²) in [7, 11) is 0. The summed E-state index contributed by atoms with van der Waals surface area (Å²) >= 11 is 6.15. The second-order valence-corrected chi connectivity index (χ2v) is 6.38. The van der Waals surface area contributed by atoms with E-state index in [0.717, 1.165) is 25.7 Å². The first-order chi connectivity index (χ1) is 11.6. The van der Waals surface area contributed by atoms with Crippen molar-refractivity contribution in [2.24, 2.45) is 0 Å². The number of carbonyl (C=O) groups excluding carboxylic acids is 2. The van der Waals surface area contributed by atoms with Gasteiger partial charge < -0.3 is 16.0 Å². The molecule has 130 valence electrons. The van der Waals surface area contributed by atoms with Gasteiger partial charge in [-0.15, -0.1) is 6.58 Å². The molecule has 0 saturated heterocycles. The van der Waals surface area contributed by atoms with Crippen molar-refractivity contribution in [3.63, 3.8) is 0 Å². The molecule has 1 aromatic rings. The lowest BCUT2D eigenvalue weighted by atomic mass is 9.95. The van der Waals surface area contributed by atoms with Crippen LogP contribution in [0.3, 0.4) is 0 Å². The van der Waals surface area contributed by atoms with Gasteiger partial charge in [-0.2, -0.15) is 0 Å². The average molecular weight is 350 g/mol. The number of anilines is 1. The normalized spacial score (nSPS) is 14.9. The van der Waals surface area contributed by atoms with Gasteiger partial charge in [-0.3, -0.25) is 9.59 Å². The smallest absolute Gasteiger partial charge is 0.253 e. The van der Waals surface area contributed by atoms with Crippen molar-refractivity contribution in [1.82, 2.24) is 10.6 Å². The van der Waals surface area contributed by atoms with Crippen LogP contribution in [0.2, 0.25) is 5.02 Å². The van der Waals surface area contributed by atoms with Crippen LogP contribution in [0.15, 0.2) is 30.9 Å². The van der Waals surface area contributed by atoms with E-state index in [1.165, 1.54) is 6.42 Å². The van der Waals surface area contributed by atoms with Crippen LogP contribution >= 0.6 is 11.6 Å². The fourth-order valence-corrected chi connectivity index (χ4v) is 2.98. The Morgan fingerprint density at radius 1 is 1.25 bits per heavy atom. The third-order valence-corrected chi connectivity index (χ3v) is 4.34. The third-order valence-electron chi connectivity index (χ3n) is 4.01. The third kappa shape index (κ3) is 5.65. The van der Waals surface area contributed by atoms with Crippen molar-refractivity contribution in [2.75, 3.05) is 18.4 Å². The summed E-state index contributed by atoms with van der Waals surface area (Å²) in [5.41, 5.74) is 0.942. The molecule has 24 heavy (non-hydrogen) atoms. The molecule has 1 aliphatic rings. The highest BCUT2D eigenvalue weighted by Crippen LogP contribution is 2.22. The summed E-state index contributed by atoms with van der Waals surface area (Å²) in [6, 6.07) is 5.14. The molecule has 6 heteroatoms. The SMILES string of the molecule is C=CCNCC(=O)Nc1ccc(Cl)c(C(=O)NC2CCCCC2)c1. The molecule has 5 nitrogen and oxygen atoms in total. The Balaban J connectivity index is 1.97. The fourth-order valence-electron chi connectivity index (χ4n) is 2.78. The van der Waals surface area contributed by atoms with Crippen LogP contribution in [0.25, 0.3) is 0 Å². The Morgan fingerprint density at radius 3 is 2.71 bits per heavy atom. The summed E-state index contributed by atoms with van der Waals surface area (Å²) in [5.74, 6) is -0.370. The molecule has 2 rings (SSSR count). The minimum atomic E-state index is -0.187. The zero-order chi connectivity index (χ0) is 17.4. The molecule has 0 bridgehead atoms. The quantitative estimate of drug-likeness (QED) is 0.523. The standard InChI is InChI=1S/C18H24ClN3O2/c1-2-10-20-12-17(23)21-14-8-9-16(19)15(11-14)18(24)22-13-6-4-3-5-7-13/h2,8-9,11,13,20H,1,3-7,10,12H2,(H,21,23)(H,22,24). The first-order valence-corrected chi connectivity index (χ1v) is 8.70. The number of amides is 2. The second kappa shape index (κ2) is 9.45. The van der Waals surface area contributed by atoms with Crippen molar-refractivity contribution < 1.29 is 9.59 Å². The molecule has 2 amide bonds. The molecule has 0 unspecified atom stereocenters. The van der Waals surface area contributed by atoms with Crippen LogP contribution < -0.4 is 16.0 Å². The molecule has 0 heterocycles. The Morgan fingerprint density at radius 2 is 2.00 bits per heavy atom. The van der Waals surface area contributed by atoms with E-state index in [0.29, 0.717) is 22.8 Å². The van der Waals surface area contributed by atoms with E-state index in [2.05, 4.69) is 22.5 Å². The maximum absolute atomic E-state index is 12.5. The van der Waals surface area contributed by atoms with Crippen LogP contribution in [0.4, 0.5) is 5.69 Å². The number of rotatable bonds is 7. The predicted molar refractivity (Wildman–Crippen MR) is 97.5 cm³/mol. The molecule has 1 aliphatic carbocycles. The predicted octanol–water partition coefficient (Wildman–Crippen LogP) is 3.12. The van der Waals surface area contributed by atoms with Gasteiger partial charge in [0.2, 0.25) is 5.91 Å². The minimum Gasteiger partial charge on any atom is -0.349 e. The number of benzene rings is 1. The maximum atomic E-state index is 12.5. The second-order valence-electron chi connectivity index (χ2n) is 5.97. The summed E-state index contributed by atoms with van der Waals surface area (Å²) in [6.45, 7) is 4.31. The Bertz CT molecular complexity index is 598. The number of halogens is 1. The number of carbonyl (C=O) groups is 2. The van der Waals surface area contributed by atoms with E-state index in [1.54, 1.807) is 24.3 Å². The lowest BCUT2D eigenvalue weighted by molar-refractivity contribution is -0.115. The van der Waals surface area contributed by atoms with Crippen LogP contribution in [-0.4, -0.2) is 30.9 Å². The number of nitrogens with one attached hydrogen (secondary N) is 3. The Hall–Kier alpha value is -1.85. The lowest BCUT2D eigenvalue weighted by Crippen LogP contribution is -2.36. The van der Waals surface area contributed by atoms with E-state index in [4.69, 9.17) is 11.6 Å². The number of hydrogen-bond donors (Lipinski definition) is 3. The number of hydrogen-bond acceptors (Lipinski definition) is 3. The highest BCUT2D eigenvalue weighted by Gasteiger charge is 2.18. The van der Waals surface area contributed by atoms with Crippen LogP contribution in [-0.2, 0) is 4.79 Å². The minimum absolute atomic E-state index is 0.179. The molecule has 1 aromatic carbocycles. The zero-order valence-electron chi connectivity index (χ0n) is 13.7. The van der Waals surface area contributed by atoms with E-state index >= 15 is 0 Å². The monoisotopic (exact) mass is 349 g/mol. The molecule has 3 N–H and O–H groups in total. The van der Waals surface area contributed by atoms with Gasteiger partial charge in [0.05, 0.1) is 17.1 Å². The first kappa shape index (κ1) is 18.5. The zero-order valence-corrected chi connectivity index (χ0v) is 14.5. The molecule has 1 fully saturated rings. The summed E-state index contributed by atoms with van der Waals surface area (Å²) in [6.07, 6.45) is 7.22. The molecule has 0 aliphatic heterocycles. The average Bonchev–Trinajstić information content (AvgIpc) is 2.57. The first-order valence-electron chi connectivity index (χ1n) is 8.32. The van der Waals surface area contributed by atoms with Gasteiger partial charge in [-0.25, -0.2) is 0 Å². The van der Waals surface area contributed by atoms with E-state index in [-0.39, 0.29) is 24.4 Å². The van der Waals surface area contributed by atoms with Gasteiger partial charge in [-0.1, -0.05) is 36.9 Å². The molecule has 0 radical (unpaired) electrons. The lowest BCUT2D eigenvalue weighted by Gasteiger charge is -2.23. The van der Waals surface area contributed by atoms with Gasteiger partial charge in [-0.05, 0) is 31.0 Å². The summed E-state index contributed by atoms with van der Waals surface area (Å²) in [4.78, 5) is 24.3. The highest BCUT2D eigenvalue weighted by molar-refractivity contribution is 6.34.